The molecule has 0 spiro atoms. The third kappa shape index (κ3) is 2.16. The van der Waals surface area contributed by atoms with E-state index in [1.165, 1.54) is 31.4 Å². The molecule has 1 aromatic rings. The maximum Gasteiger partial charge on any atom is 0.337 e. The third-order valence-electron chi connectivity index (χ3n) is 1.77. The highest BCUT2D eigenvalue weighted by molar-refractivity contribution is 5.89. The molecule has 0 saturated heterocycles. The maximum atomic E-state index is 12.8. The number of carbonyl (C=O) groups is 2. The predicted molar refractivity (Wildman–Crippen MR) is 47.7 cm³/mol. The fraction of sp³-hybridized carbons (Fsp3) is 0.200. The molecule has 0 amide bonds. The number of halogens is 1. The number of aldehydes is 1. The van der Waals surface area contributed by atoms with Crippen molar-refractivity contribution in [3.8, 4) is 0 Å². The summed E-state index contributed by atoms with van der Waals surface area (Å²) in [6.07, 6.45) is -1.44. The molecule has 0 fully saturated rings. The Balaban J connectivity index is 2.88. The number of hydrogen-bond acceptors (Lipinski definition) is 3. The Kier molecular flexibility index (Phi) is 3.34. The quantitative estimate of drug-likeness (QED) is 0.545. The van der Waals surface area contributed by atoms with Crippen LogP contribution in [-0.2, 0) is 9.53 Å². The Morgan fingerprint density at radius 1 is 1.43 bits per heavy atom. The second-order valence-corrected chi connectivity index (χ2v) is 2.65. The minimum atomic E-state index is -1.64. The fourth-order valence-corrected chi connectivity index (χ4v) is 0.999. The molecular formula is C10H9FO3. The van der Waals surface area contributed by atoms with Gasteiger partial charge < -0.3 is 4.74 Å². The topological polar surface area (TPSA) is 43.4 Å². The first kappa shape index (κ1) is 10.4. The average molecular weight is 196 g/mol. The van der Waals surface area contributed by atoms with Gasteiger partial charge in [0.1, 0.15) is 0 Å². The maximum absolute atomic E-state index is 12.8. The van der Waals surface area contributed by atoms with Gasteiger partial charge in [0.15, 0.2) is 12.5 Å². The van der Waals surface area contributed by atoms with Gasteiger partial charge in [0.05, 0.1) is 12.7 Å². The van der Waals surface area contributed by atoms with E-state index in [4.69, 9.17) is 0 Å². The van der Waals surface area contributed by atoms with E-state index in [9.17, 15) is 14.0 Å². The van der Waals surface area contributed by atoms with Crippen molar-refractivity contribution < 1.29 is 18.7 Å². The molecule has 1 unspecified atom stereocenters. The molecular weight excluding hydrogens is 187 g/mol. The van der Waals surface area contributed by atoms with Gasteiger partial charge in [0, 0.05) is 0 Å². The lowest BCUT2D eigenvalue weighted by Crippen LogP contribution is -2.01. The summed E-state index contributed by atoms with van der Waals surface area (Å²) in [6.45, 7) is 0. The monoisotopic (exact) mass is 196 g/mol. The van der Waals surface area contributed by atoms with Crippen LogP contribution in [0.25, 0.3) is 0 Å². The van der Waals surface area contributed by atoms with E-state index in [1.807, 2.05) is 0 Å². The number of esters is 1. The minimum absolute atomic E-state index is 0.202. The number of alkyl halides is 1. The summed E-state index contributed by atoms with van der Waals surface area (Å²) in [7, 11) is 1.26. The number of rotatable bonds is 3. The number of ether oxygens (including phenoxy) is 1. The second kappa shape index (κ2) is 4.50. The van der Waals surface area contributed by atoms with Gasteiger partial charge in [-0.15, -0.1) is 0 Å². The van der Waals surface area contributed by atoms with Crippen molar-refractivity contribution >= 4 is 12.3 Å². The molecule has 74 valence electrons. The van der Waals surface area contributed by atoms with E-state index in [2.05, 4.69) is 4.74 Å². The number of benzene rings is 1. The number of carbonyl (C=O) groups excluding carboxylic acids is 2. The molecule has 0 heterocycles. The van der Waals surface area contributed by atoms with Crippen LogP contribution in [0.1, 0.15) is 22.1 Å². The summed E-state index contributed by atoms with van der Waals surface area (Å²) in [5.41, 5.74) is 0.557. The average Bonchev–Trinajstić information content (AvgIpc) is 2.27. The zero-order valence-electron chi connectivity index (χ0n) is 7.57. The molecule has 0 aromatic heterocycles. The van der Waals surface area contributed by atoms with Crippen molar-refractivity contribution in [3.63, 3.8) is 0 Å². The van der Waals surface area contributed by atoms with E-state index in [1.54, 1.807) is 0 Å². The molecule has 0 aliphatic carbocycles. The van der Waals surface area contributed by atoms with E-state index in [0.717, 1.165) is 0 Å². The van der Waals surface area contributed by atoms with Crippen LogP contribution >= 0.6 is 0 Å². The standard InChI is InChI=1S/C10H9FO3/c1-14-10(13)8-4-2-7(3-5-8)9(11)6-12/h2-6,9H,1H3. The first-order valence-corrected chi connectivity index (χ1v) is 3.96. The van der Waals surface area contributed by atoms with Crippen molar-refractivity contribution in [2.24, 2.45) is 0 Å². The Hall–Kier alpha value is -1.71. The smallest absolute Gasteiger partial charge is 0.337 e. The second-order valence-electron chi connectivity index (χ2n) is 2.65. The zero-order valence-corrected chi connectivity index (χ0v) is 7.57. The summed E-state index contributed by atoms with van der Waals surface area (Å²) < 4.78 is 17.3. The molecule has 0 N–H and O–H groups in total. The lowest BCUT2D eigenvalue weighted by atomic mass is 10.1. The summed E-state index contributed by atoms with van der Waals surface area (Å²) in [4.78, 5) is 21.1. The van der Waals surface area contributed by atoms with Gasteiger partial charge in [-0.1, -0.05) is 12.1 Å². The summed E-state index contributed by atoms with van der Waals surface area (Å²) in [5.74, 6) is -0.488. The Bertz CT molecular complexity index is 332. The van der Waals surface area contributed by atoms with E-state index in [0.29, 0.717) is 5.56 Å². The molecule has 4 heteroatoms. The normalized spacial score (nSPS) is 11.9. The van der Waals surface area contributed by atoms with Gasteiger partial charge in [0.25, 0.3) is 0 Å². The Labute approximate surface area is 80.5 Å². The van der Waals surface area contributed by atoms with Gasteiger partial charge in [-0.25, -0.2) is 9.18 Å². The van der Waals surface area contributed by atoms with Crippen LogP contribution < -0.4 is 0 Å². The van der Waals surface area contributed by atoms with Crippen LogP contribution in [0.5, 0.6) is 0 Å². The Morgan fingerprint density at radius 2 is 2.00 bits per heavy atom. The molecule has 0 saturated carbocycles. The first-order valence-electron chi connectivity index (χ1n) is 3.96. The largest absolute Gasteiger partial charge is 0.465 e. The van der Waals surface area contributed by atoms with Crippen molar-refractivity contribution in [3.05, 3.63) is 35.4 Å². The molecule has 14 heavy (non-hydrogen) atoms. The van der Waals surface area contributed by atoms with Crippen molar-refractivity contribution in [1.82, 2.24) is 0 Å². The molecule has 0 aliphatic heterocycles. The number of methoxy groups -OCH3 is 1. The van der Waals surface area contributed by atoms with Crippen LogP contribution in [0.3, 0.4) is 0 Å². The highest BCUT2D eigenvalue weighted by Crippen LogP contribution is 2.15. The van der Waals surface area contributed by atoms with Crippen LogP contribution in [-0.4, -0.2) is 19.4 Å². The van der Waals surface area contributed by atoms with Gasteiger partial charge in [-0.3, -0.25) is 4.79 Å². The van der Waals surface area contributed by atoms with Crippen LogP contribution in [0, 0.1) is 0 Å². The van der Waals surface area contributed by atoms with Gasteiger partial charge >= 0.3 is 5.97 Å². The molecule has 3 nitrogen and oxygen atoms in total. The molecule has 0 bridgehead atoms. The first-order chi connectivity index (χ1) is 6.69. The molecule has 0 aliphatic rings. The minimum Gasteiger partial charge on any atom is -0.465 e. The molecule has 1 atom stereocenters. The van der Waals surface area contributed by atoms with E-state index < -0.39 is 12.1 Å². The molecule has 0 radical (unpaired) electrons. The lowest BCUT2D eigenvalue weighted by Gasteiger charge is -2.02. The molecule has 1 aromatic carbocycles. The molecule has 1 rings (SSSR count). The van der Waals surface area contributed by atoms with Gasteiger partial charge in [-0.05, 0) is 17.7 Å². The highest BCUT2D eigenvalue weighted by Gasteiger charge is 2.09. The van der Waals surface area contributed by atoms with Gasteiger partial charge in [-0.2, -0.15) is 0 Å². The van der Waals surface area contributed by atoms with Gasteiger partial charge in [0.2, 0.25) is 0 Å². The zero-order chi connectivity index (χ0) is 10.6. The lowest BCUT2D eigenvalue weighted by molar-refractivity contribution is -0.112. The SMILES string of the molecule is COC(=O)c1ccc(C(F)C=O)cc1. The van der Waals surface area contributed by atoms with Crippen molar-refractivity contribution in [2.45, 2.75) is 6.17 Å². The third-order valence-corrected chi connectivity index (χ3v) is 1.77. The fourth-order valence-electron chi connectivity index (χ4n) is 0.999. The predicted octanol–water partition coefficient (Wildman–Crippen LogP) is 1.68. The number of hydrogen-bond donors (Lipinski definition) is 0. The summed E-state index contributed by atoms with van der Waals surface area (Å²) >= 11 is 0. The van der Waals surface area contributed by atoms with Crippen molar-refractivity contribution in [1.29, 1.82) is 0 Å². The van der Waals surface area contributed by atoms with Crippen molar-refractivity contribution in [2.75, 3.05) is 7.11 Å². The van der Waals surface area contributed by atoms with Crippen LogP contribution in [0.2, 0.25) is 0 Å². The Morgan fingerprint density at radius 3 is 2.43 bits per heavy atom. The summed E-state index contributed by atoms with van der Waals surface area (Å²) in [5, 5.41) is 0. The van der Waals surface area contributed by atoms with E-state index in [-0.39, 0.29) is 11.8 Å². The summed E-state index contributed by atoms with van der Waals surface area (Å²) in [6, 6.07) is 5.59. The van der Waals surface area contributed by atoms with Crippen LogP contribution in [0.4, 0.5) is 4.39 Å². The van der Waals surface area contributed by atoms with Crippen LogP contribution in [0.15, 0.2) is 24.3 Å². The van der Waals surface area contributed by atoms with E-state index >= 15 is 0 Å². The highest BCUT2D eigenvalue weighted by atomic mass is 19.1.